The molecule has 0 atom stereocenters. The zero-order valence-corrected chi connectivity index (χ0v) is 16.2. The molecule has 1 aliphatic heterocycles. The fraction of sp³-hybridized carbons (Fsp3) is 0.412. The summed E-state index contributed by atoms with van der Waals surface area (Å²) in [7, 11) is 0. The van der Waals surface area contributed by atoms with Crippen LogP contribution in [0.15, 0.2) is 22.8 Å². The third kappa shape index (κ3) is 3.59. The lowest BCUT2D eigenvalue weighted by molar-refractivity contribution is 0.0270. The van der Waals surface area contributed by atoms with Crippen molar-refractivity contribution < 1.29 is 9.53 Å². The molecule has 0 unspecified atom stereocenters. The topological polar surface area (TPSA) is 58.2 Å². The fourth-order valence-corrected chi connectivity index (χ4v) is 3.11. The third-order valence-electron chi connectivity index (χ3n) is 3.76. The summed E-state index contributed by atoms with van der Waals surface area (Å²) >= 11 is 9.70. The zero-order chi connectivity index (χ0) is 17.5. The van der Waals surface area contributed by atoms with Gasteiger partial charge in [-0.2, -0.15) is 0 Å². The van der Waals surface area contributed by atoms with Crippen molar-refractivity contribution >= 4 is 50.2 Å². The molecule has 0 aliphatic carbocycles. The Kier molecular flexibility index (Phi) is 4.62. The highest BCUT2D eigenvalue weighted by molar-refractivity contribution is 9.10. The lowest BCUT2D eigenvalue weighted by atomic mass is 10.1. The van der Waals surface area contributed by atoms with Crippen molar-refractivity contribution in [1.29, 1.82) is 0 Å². The number of carbonyl (C=O) groups excluding carboxylic acids is 1. The fourth-order valence-electron chi connectivity index (χ4n) is 2.60. The summed E-state index contributed by atoms with van der Waals surface area (Å²) < 4.78 is 6.19. The molecular formula is C17H19BrClN3O2. The minimum absolute atomic E-state index is 0.275. The first-order valence-electron chi connectivity index (χ1n) is 7.74. The lowest BCUT2D eigenvalue weighted by Crippen LogP contribution is -2.39. The molecule has 1 aliphatic rings. The number of H-pyrrole nitrogens is 1. The van der Waals surface area contributed by atoms with Crippen LogP contribution >= 0.6 is 27.5 Å². The average Bonchev–Trinajstić information content (AvgIpc) is 2.94. The Morgan fingerprint density at radius 3 is 2.83 bits per heavy atom. The Hall–Kier alpha value is -1.53. The van der Waals surface area contributed by atoms with Crippen LogP contribution in [0.2, 0.25) is 5.02 Å². The van der Waals surface area contributed by atoms with E-state index in [0.29, 0.717) is 18.1 Å². The Morgan fingerprint density at radius 1 is 1.46 bits per heavy atom. The predicted molar refractivity (Wildman–Crippen MR) is 99.2 cm³/mol. The smallest absolute Gasteiger partial charge is 0.410 e. The first-order chi connectivity index (χ1) is 11.2. The van der Waals surface area contributed by atoms with Crippen LogP contribution in [0.1, 0.15) is 32.9 Å². The minimum atomic E-state index is -0.478. The number of aromatic nitrogens is 2. The molecule has 2 aromatic rings. The molecule has 0 fully saturated rings. The van der Waals surface area contributed by atoms with Crippen LogP contribution in [0, 0.1) is 0 Å². The van der Waals surface area contributed by atoms with Crippen molar-refractivity contribution in [3.8, 4) is 0 Å². The van der Waals surface area contributed by atoms with Crippen LogP contribution in [0.5, 0.6) is 0 Å². The van der Waals surface area contributed by atoms with E-state index in [2.05, 4.69) is 25.9 Å². The lowest BCUT2D eigenvalue weighted by Gasteiger charge is -2.29. The largest absolute Gasteiger partial charge is 0.444 e. The molecule has 0 bridgehead atoms. The van der Waals surface area contributed by atoms with Gasteiger partial charge in [-0.3, -0.25) is 0 Å². The maximum Gasteiger partial charge on any atom is 0.410 e. The molecular weight excluding hydrogens is 394 g/mol. The standard InChI is InChI=1S/C17H19BrClN3O2/c1-17(2,3)24-16(23)22-6-4-10(5-7-22)13-8-11-14(19)12(18)9-20-15(11)21-13/h4,8-9H,5-7H2,1-3H3,(H,20,21). The van der Waals surface area contributed by atoms with Gasteiger partial charge in [-0.1, -0.05) is 17.7 Å². The van der Waals surface area contributed by atoms with Crippen molar-refractivity contribution in [1.82, 2.24) is 14.9 Å². The van der Waals surface area contributed by atoms with Crippen molar-refractivity contribution in [3.05, 3.63) is 33.5 Å². The number of amides is 1. The second kappa shape index (κ2) is 6.41. The van der Waals surface area contributed by atoms with Crippen LogP contribution in [0.3, 0.4) is 0 Å². The van der Waals surface area contributed by atoms with Crippen LogP contribution < -0.4 is 0 Å². The van der Waals surface area contributed by atoms with E-state index in [0.717, 1.165) is 33.2 Å². The van der Waals surface area contributed by atoms with Gasteiger partial charge in [0.1, 0.15) is 11.2 Å². The molecule has 2 aromatic heterocycles. The van der Waals surface area contributed by atoms with E-state index < -0.39 is 5.60 Å². The van der Waals surface area contributed by atoms with E-state index in [-0.39, 0.29) is 6.09 Å². The van der Waals surface area contributed by atoms with Gasteiger partial charge in [-0.05, 0) is 54.8 Å². The third-order valence-corrected chi connectivity index (χ3v) is 4.99. The Bertz CT molecular complexity index is 823. The van der Waals surface area contributed by atoms with E-state index in [1.165, 1.54) is 0 Å². The number of hydrogen-bond acceptors (Lipinski definition) is 3. The molecule has 1 N–H and O–H groups in total. The Labute approximate surface area is 154 Å². The first kappa shape index (κ1) is 17.3. The SMILES string of the molecule is CC(C)(C)OC(=O)N1CC=C(c2cc3c(Cl)c(Br)cnc3[nH]2)CC1. The van der Waals surface area contributed by atoms with E-state index in [1.807, 2.05) is 32.9 Å². The number of ether oxygens (including phenoxy) is 1. The number of hydrogen-bond donors (Lipinski definition) is 1. The van der Waals surface area contributed by atoms with Crippen LogP contribution in [-0.4, -0.2) is 39.7 Å². The molecule has 5 nitrogen and oxygen atoms in total. The molecule has 128 valence electrons. The number of aromatic amines is 1. The number of fused-ring (bicyclic) bond motifs is 1. The van der Waals surface area contributed by atoms with Gasteiger partial charge in [0.25, 0.3) is 0 Å². The highest BCUT2D eigenvalue weighted by Gasteiger charge is 2.24. The van der Waals surface area contributed by atoms with Gasteiger partial charge in [0, 0.05) is 30.4 Å². The normalized spacial score (nSPS) is 15.5. The molecule has 1 amide bonds. The summed E-state index contributed by atoms with van der Waals surface area (Å²) in [6.07, 6.45) is 4.21. The number of nitrogens with zero attached hydrogens (tertiary/aromatic N) is 2. The summed E-state index contributed by atoms with van der Waals surface area (Å²) in [6, 6.07) is 2.00. The first-order valence-corrected chi connectivity index (χ1v) is 8.92. The van der Waals surface area contributed by atoms with Crippen molar-refractivity contribution in [2.45, 2.75) is 32.8 Å². The van der Waals surface area contributed by atoms with Gasteiger partial charge < -0.3 is 14.6 Å². The molecule has 3 heterocycles. The van der Waals surface area contributed by atoms with Crippen LogP contribution in [0.25, 0.3) is 16.6 Å². The zero-order valence-electron chi connectivity index (χ0n) is 13.8. The van der Waals surface area contributed by atoms with E-state index in [1.54, 1.807) is 11.1 Å². The number of pyridine rings is 1. The Balaban J connectivity index is 1.78. The van der Waals surface area contributed by atoms with E-state index >= 15 is 0 Å². The average molecular weight is 413 g/mol. The number of carbonyl (C=O) groups is 1. The maximum absolute atomic E-state index is 12.1. The van der Waals surface area contributed by atoms with Crippen LogP contribution in [0.4, 0.5) is 4.79 Å². The molecule has 0 spiro atoms. The van der Waals surface area contributed by atoms with Gasteiger partial charge in [-0.15, -0.1) is 0 Å². The summed E-state index contributed by atoms with van der Waals surface area (Å²) in [5.74, 6) is 0. The summed E-state index contributed by atoms with van der Waals surface area (Å²) in [5.41, 5.74) is 2.42. The van der Waals surface area contributed by atoms with Gasteiger partial charge in [0.15, 0.2) is 0 Å². The van der Waals surface area contributed by atoms with Gasteiger partial charge in [0.05, 0.1) is 9.50 Å². The minimum Gasteiger partial charge on any atom is -0.444 e. The van der Waals surface area contributed by atoms with Crippen molar-refractivity contribution in [2.24, 2.45) is 0 Å². The quantitative estimate of drug-likeness (QED) is 0.717. The molecule has 0 saturated heterocycles. The second-order valence-electron chi connectivity index (χ2n) is 6.77. The Morgan fingerprint density at radius 2 is 2.21 bits per heavy atom. The number of rotatable bonds is 1. The molecule has 7 heteroatoms. The van der Waals surface area contributed by atoms with Gasteiger partial charge >= 0.3 is 6.09 Å². The van der Waals surface area contributed by atoms with E-state index in [9.17, 15) is 4.79 Å². The molecule has 0 aromatic carbocycles. The molecule has 0 radical (unpaired) electrons. The summed E-state index contributed by atoms with van der Waals surface area (Å²) in [6.45, 7) is 6.77. The number of nitrogens with one attached hydrogen (secondary N) is 1. The summed E-state index contributed by atoms with van der Waals surface area (Å²) in [4.78, 5) is 21.5. The molecule has 3 rings (SSSR count). The highest BCUT2D eigenvalue weighted by Crippen LogP contribution is 2.32. The highest BCUT2D eigenvalue weighted by atomic mass is 79.9. The molecule has 0 saturated carbocycles. The van der Waals surface area contributed by atoms with Gasteiger partial charge in [-0.25, -0.2) is 9.78 Å². The molecule has 24 heavy (non-hydrogen) atoms. The van der Waals surface area contributed by atoms with Crippen LogP contribution in [-0.2, 0) is 4.74 Å². The van der Waals surface area contributed by atoms with Crippen molar-refractivity contribution in [3.63, 3.8) is 0 Å². The summed E-state index contributed by atoms with van der Waals surface area (Å²) in [5, 5.41) is 1.53. The van der Waals surface area contributed by atoms with E-state index in [4.69, 9.17) is 16.3 Å². The van der Waals surface area contributed by atoms with Gasteiger partial charge in [0.2, 0.25) is 0 Å². The number of halogens is 2. The second-order valence-corrected chi connectivity index (χ2v) is 8.00. The maximum atomic E-state index is 12.1. The predicted octanol–water partition coefficient (Wildman–Crippen LogP) is 5.00. The monoisotopic (exact) mass is 411 g/mol. The van der Waals surface area contributed by atoms with Crippen molar-refractivity contribution in [2.75, 3.05) is 13.1 Å².